The molecular weight excluding hydrogens is 497 g/mol. The number of hydrogen-bond donors (Lipinski definition) is 2. The molecule has 4 heterocycles. The molecule has 2 amide bonds. The van der Waals surface area contributed by atoms with E-state index in [1.54, 1.807) is 0 Å². The number of likely N-dealkylation sites (tertiary alicyclic amines) is 1. The average Bonchev–Trinajstić information content (AvgIpc) is 3.65. The van der Waals surface area contributed by atoms with E-state index >= 15 is 0 Å². The van der Waals surface area contributed by atoms with E-state index < -0.39 is 19.3 Å². The molecule has 3 aliphatic rings. The summed E-state index contributed by atoms with van der Waals surface area (Å²) in [6, 6.07) is 11.6. The Morgan fingerprint density at radius 3 is 2.33 bits per heavy atom. The summed E-state index contributed by atoms with van der Waals surface area (Å²) in [6.07, 6.45) is 2.65. The van der Waals surface area contributed by atoms with Gasteiger partial charge < -0.3 is 34.0 Å². The molecule has 3 aliphatic heterocycles. The normalized spacial score (nSPS) is 23.6. The number of benzene rings is 1. The molecule has 2 unspecified atom stereocenters. The van der Waals surface area contributed by atoms with Gasteiger partial charge in [0, 0.05) is 31.1 Å². The van der Waals surface area contributed by atoms with Crippen LogP contribution >= 0.6 is 0 Å². The first-order valence-electron chi connectivity index (χ1n) is 14.0. The zero-order valence-electron chi connectivity index (χ0n) is 23.6. The summed E-state index contributed by atoms with van der Waals surface area (Å²) in [4.78, 5) is 31.4. The minimum atomic E-state index is -0.626. The second-order valence-corrected chi connectivity index (χ2v) is 11.8. The number of nitrogens with one attached hydrogen (secondary N) is 2. The van der Waals surface area contributed by atoms with Gasteiger partial charge in [0.2, 0.25) is 5.91 Å². The van der Waals surface area contributed by atoms with E-state index in [1.807, 2.05) is 17.0 Å². The van der Waals surface area contributed by atoms with Crippen LogP contribution in [0.25, 0.3) is 11.3 Å². The third-order valence-electron chi connectivity index (χ3n) is 8.81. The summed E-state index contributed by atoms with van der Waals surface area (Å²) in [5.41, 5.74) is 3.24. The van der Waals surface area contributed by atoms with E-state index in [-0.39, 0.29) is 29.1 Å². The topological polar surface area (TPSA) is 102 Å². The largest absolute Gasteiger partial charge is 0.494 e. The number of methoxy groups -OCH3 is 1. The molecular formula is C29H40BN3O6. The highest BCUT2D eigenvalue weighted by atomic mass is 16.7. The first-order chi connectivity index (χ1) is 18.6. The van der Waals surface area contributed by atoms with Crippen molar-refractivity contribution in [3.63, 3.8) is 0 Å². The van der Waals surface area contributed by atoms with E-state index in [0.29, 0.717) is 19.8 Å². The second-order valence-electron chi connectivity index (χ2n) is 11.8. The highest BCUT2D eigenvalue weighted by Crippen LogP contribution is 2.37. The molecule has 210 valence electrons. The van der Waals surface area contributed by atoms with E-state index in [2.05, 4.69) is 62.3 Å². The van der Waals surface area contributed by atoms with Crippen LogP contribution in [0.5, 0.6) is 0 Å². The maximum Gasteiger partial charge on any atom is 0.494 e. The molecule has 2 aromatic rings. The minimum absolute atomic E-state index is 0.0216. The van der Waals surface area contributed by atoms with Crippen LogP contribution < -0.4 is 10.8 Å². The lowest BCUT2D eigenvalue weighted by molar-refractivity contribution is -0.136. The smallest absolute Gasteiger partial charge is 0.453 e. The molecule has 2 atom stereocenters. The summed E-state index contributed by atoms with van der Waals surface area (Å²) >= 11 is 0. The van der Waals surface area contributed by atoms with Gasteiger partial charge in [-0.3, -0.25) is 4.79 Å². The summed E-state index contributed by atoms with van der Waals surface area (Å²) in [7, 11) is 0.922. The van der Waals surface area contributed by atoms with Crippen LogP contribution in [0.3, 0.4) is 0 Å². The Balaban J connectivity index is 1.30. The SMILES string of the molecule is COC(=O)NC(C(=O)N1CCCC1c1ccc(-c2ccc(B3OC(C)(C)C(C)(C)O3)cc2)[nH]1)C1CCOCC1. The van der Waals surface area contributed by atoms with Gasteiger partial charge in [0.25, 0.3) is 0 Å². The van der Waals surface area contributed by atoms with Crippen LogP contribution in [-0.2, 0) is 23.6 Å². The fourth-order valence-electron chi connectivity index (χ4n) is 5.72. The molecule has 3 fully saturated rings. The van der Waals surface area contributed by atoms with E-state index in [9.17, 15) is 9.59 Å². The predicted octanol–water partition coefficient (Wildman–Crippen LogP) is 3.80. The maximum atomic E-state index is 13.8. The summed E-state index contributed by atoms with van der Waals surface area (Å²) < 4.78 is 22.7. The lowest BCUT2D eigenvalue weighted by atomic mass is 9.79. The number of hydrogen-bond acceptors (Lipinski definition) is 6. The van der Waals surface area contributed by atoms with Crippen molar-refractivity contribution in [3.05, 3.63) is 42.1 Å². The van der Waals surface area contributed by atoms with Gasteiger partial charge in [0.05, 0.1) is 24.4 Å². The zero-order valence-corrected chi connectivity index (χ0v) is 23.6. The molecule has 39 heavy (non-hydrogen) atoms. The van der Waals surface area contributed by atoms with Crippen molar-refractivity contribution in [1.29, 1.82) is 0 Å². The Kier molecular flexibility index (Phi) is 7.81. The molecule has 5 rings (SSSR count). The van der Waals surface area contributed by atoms with Gasteiger partial charge in [-0.1, -0.05) is 24.3 Å². The van der Waals surface area contributed by atoms with Crippen LogP contribution in [0.15, 0.2) is 36.4 Å². The molecule has 2 N–H and O–H groups in total. The van der Waals surface area contributed by atoms with Crippen molar-refractivity contribution in [2.45, 2.75) is 76.7 Å². The van der Waals surface area contributed by atoms with Crippen molar-refractivity contribution < 1.29 is 28.4 Å². The molecule has 9 nitrogen and oxygen atoms in total. The fraction of sp³-hybridized carbons (Fsp3) is 0.586. The number of H-pyrrole nitrogens is 1. The van der Waals surface area contributed by atoms with Crippen LogP contribution in [0, 0.1) is 5.92 Å². The Labute approximate surface area is 231 Å². The van der Waals surface area contributed by atoms with Gasteiger partial charge in [-0.05, 0) is 82.5 Å². The number of carbonyl (C=O) groups excluding carboxylic acids is 2. The predicted molar refractivity (Wildman–Crippen MR) is 149 cm³/mol. The number of carbonyl (C=O) groups is 2. The van der Waals surface area contributed by atoms with Gasteiger partial charge in [0.15, 0.2) is 0 Å². The van der Waals surface area contributed by atoms with Gasteiger partial charge in [-0.15, -0.1) is 0 Å². The van der Waals surface area contributed by atoms with Crippen LogP contribution in [-0.4, -0.2) is 73.1 Å². The van der Waals surface area contributed by atoms with Gasteiger partial charge >= 0.3 is 13.2 Å². The number of aromatic nitrogens is 1. The Bertz CT molecular complexity index is 1160. The third kappa shape index (κ3) is 5.60. The fourth-order valence-corrected chi connectivity index (χ4v) is 5.72. The van der Waals surface area contributed by atoms with E-state index in [4.69, 9.17) is 18.8 Å². The molecule has 0 aliphatic carbocycles. The molecule has 0 saturated carbocycles. The first-order valence-corrected chi connectivity index (χ1v) is 14.0. The lowest BCUT2D eigenvalue weighted by Gasteiger charge is -2.34. The van der Waals surface area contributed by atoms with Crippen LogP contribution in [0.1, 0.15) is 65.1 Å². The Morgan fingerprint density at radius 2 is 1.69 bits per heavy atom. The quantitative estimate of drug-likeness (QED) is 0.544. The molecule has 0 spiro atoms. The minimum Gasteiger partial charge on any atom is -0.453 e. The molecule has 10 heteroatoms. The third-order valence-corrected chi connectivity index (χ3v) is 8.81. The van der Waals surface area contributed by atoms with Crippen molar-refractivity contribution in [1.82, 2.24) is 15.2 Å². The van der Waals surface area contributed by atoms with Crippen molar-refractivity contribution in [2.75, 3.05) is 26.9 Å². The molecule has 0 bridgehead atoms. The van der Waals surface area contributed by atoms with Crippen LogP contribution in [0.4, 0.5) is 4.79 Å². The van der Waals surface area contributed by atoms with E-state index in [0.717, 1.165) is 48.1 Å². The number of rotatable bonds is 6. The Hall–Kier alpha value is -2.82. The van der Waals surface area contributed by atoms with Gasteiger partial charge in [0.1, 0.15) is 6.04 Å². The van der Waals surface area contributed by atoms with Crippen molar-refractivity contribution >= 4 is 24.6 Å². The van der Waals surface area contributed by atoms with E-state index in [1.165, 1.54) is 7.11 Å². The van der Waals surface area contributed by atoms with Crippen molar-refractivity contribution in [3.8, 4) is 11.3 Å². The lowest BCUT2D eigenvalue weighted by Crippen LogP contribution is -2.53. The highest BCUT2D eigenvalue weighted by Gasteiger charge is 2.51. The first kappa shape index (κ1) is 27.7. The second kappa shape index (κ2) is 11.0. The standard InChI is InChI=1S/C29H40BN3O6/c1-28(2)29(3,4)39-30(38-28)21-10-8-19(9-11-21)22-12-13-23(31-22)24-7-6-16-33(24)26(34)25(32-27(35)36-5)20-14-17-37-18-15-20/h8-13,20,24-25,31H,6-7,14-18H2,1-5H3,(H,32,35). The number of nitrogens with zero attached hydrogens (tertiary/aromatic N) is 1. The number of aromatic amines is 1. The summed E-state index contributed by atoms with van der Waals surface area (Å²) in [5, 5.41) is 2.82. The van der Waals surface area contributed by atoms with Gasteiger partial charge in [-0.2, -0.15) is 0 Å². The maximum absolute atomic E-state index is 13.8. The molecule has 1 aromatic heterocycles. The summed E-state index contributed by atoms with van der Waals surface area (Å²) in [5.74, 6) is -0.0361. The molecule has 0 radical (unpaired) electrons. The average molecular weight is 537 g/mol. The monoisotopic (exact) mass is 537 g/mol. The molecule has 3 saturated heterocycles. The highest BCUT2D eigenvalue weighted by molar-refractivity contribution is 6.62. The van der Waals surface area contributed by atoms with Crippen molar-refractivity contribution in [2.24, 2.45) is 5.92 Å². The number of alkyl carbamates (subject to hydrolysis) is 1. The molecule has 1 aromatic carbocycles. The van der Waals surface area contributed by atoms with Gasteiger partial charge in [-0.25, -0.2) is 4.79 Å². The summed E-state index contributed by atoms with van der Waals surface area (Å²) in [6.45, 7) is 10.0. The zero-order chi connectivity index (χ0) is 27.8. The number of ether oxygens (including phenoxy) is 2. The van der Waals surface area contributed by atoms with Crippen LogP contribution in [0.2, 0.25) is 0 Å². The Morgan fingerprint density at radius 1 is 1.03 bits per heavy atom. The number of amides is 2.